The van der Waals surface area contributed by atoms with Crippen molar-refractivity contribution in [1.29, 1.82) is 0 Å². The van der Waals surface area contributed by atoms with Gasteiger partial charge in [0.25, 0.3) is 0 Å². The van der Waals surface area contributed by atoms with Crippen molar-refractivity contribution >= 4 is 16.8 Å². The largest absolute Gasteiger partial charge is 0.342 e. The lowest BCUT2D eigenvalue weighted by Crippen LogP contribution is -2.44. The number of nitrogens with one attached hydrogen (secondary N) is 1. The van der Waals surface area contributed by atoms with Crippen LogP contribution in [-0.2, 0) is 11.3 Å². The van der Waals surface area contributed by atoms with Crippen LogP contribution < -0.4 is 5.32 Å². The van der Waals surface area contributed by atoms with Gasteiger partial charge in [0.2, 0.25) is 5.91 Å². The van der Waals surface area contributed by atoms with Crippen molar-refractivity contribution in [2.24, 2.45) is 0 Å². The Morgan fingerprint density at radius 2 is 1.90 bits per heavy atom. The fourth-order valence-corrected chi connectivity index (χ4v) is 2.36. The number of nitrogens with zero attached hydrogens (tertiary/aromatic N) is 2. The Bertz CT molecular complexity index is 608. The van der Waals surface area contributed by atoms with Crippen molar-refractivity contribution in [2.75, 3.05) is 13.1 Å². The predicted octanol–water partition coefficient (Wildman–Crippen LogP) is 2.58. The topological polar surface area (TPSA) is 45.2 Å². The molecule has 112 valence electrons. The van der Waals surface area contributed by atoms with Crippen LogP contribution in [0, 0.1) is 0 Å². The second-order valence-corrected chi connectivity index (χ2v) is 5.11. The smallest absolute Gasteiger partial charge is 0.239 e. The van der Waals surface area contributed by atoms with Crippen molar-refractivity contribution in [3.63, 3.8) is 0 Å². The van der Waals surface area contributed by atoms with Gasteiger partial charge < -0.3 is 10.2 Å². The average Bonchev–Trinajstić information content (AvgIpc) is 2.53. The van der Waals surface area contributed by atoms with E-state index in [4.69, 9.17) is 0 Å². The molecule has 1 heterocycles. The average molecular weight is 285 g/mol. The first-order chi connectivity index (χ1) is 10.2. The molecule has 0 aliphatic rings. The lowest BCUT2D eigenvalue weighted by Gasteiger charge is -2.23. The van der Waals surface area contributed by atoms with Crippen LogP contribution in [-0.4, -0.2) is 34.9 Å². The molecule has 0 bridgehead atoms. The van der Waals surface area contributed by atoms with Gasteiger partial charge in [0.05, 0.1) is 17.3 Å². The zero-order valence-electron chi connectivity index (χ0n) is 13.0. The van der Waals surface area contributed by atoms with E-state index in [1.54, 1.807) is 0 Å². The number of aromatic nitrogens is 1. The number of likely N-dealkylation sites (N-methyl/N-ethyl adjacent to an activating group) is 1. The molecule has 1 N–H and O–H groups in total. The Hall–Kier alpha value is -1.94. The Kier molecular flexibility index (Phi) is 5.28. The highest BCUT2D eigenvalue weighted by Crippen LogP contribution is 2.11. The standard InChI is InChI=1S/C17H23N3O/c1-4-20(5-2)17(21)13(3)18-12-15-11-10-14-8-6-7-9-16(14)19-15/h6-11,13,18H,4-5,12H2,1-3H3. The highest BCUT2D eigenvalue weighted by Gasteiger charge is 2.17. The van der Waals surface area contributed by atoms with Crippen LogP contribution in [0.4, 0.5) is 0 Å². The molecule has 1 aromatic heterocycles. The molecule has 0 fully saturated rings. The summed E-state index contributed by atoms with van der Waals surface area (Å²) in [6, 6.07) is 11.9. The second kappa shape index (κ2) is 7.18. The molecular formula is C17H23N3O. The zero-order chi connectivity index (χ0) is 15.2. The van der Waals surface area contributed by atoms with Gasteiger partial charge >= 0.3 is 0 Å². The first-order valence-electron chi connectivity index (χ1n) is 7.52. The molecule has 0 aliphatic heterocycles. The first kappa shape index (κ1) is 15.4. The third kappa shape index (κ3) is 3.79. The second-order valence-electron chi connectivity index (χ2n) is 5.11. The molecular weight excluding hydrogens is 262 g/mol. The molecule has 1 aromatic carbocycles. The number of hydrogen-bond donors (Lipinski definition) is 1. The molecule has 1 unspecified atom stereocenters. The maximum atomic E-state index is 12.2. The number of benzene rings is 1. The summed E-state index contributed by atoms with van der Waals surface area (Å²) in [5.41, 5.74) is 1.94. The van der Waals surface area contributed by atoms with Crippen molar-refractivity contribution in [2.45, 2.75) is 33.4 Å². The molecule has 0 radical (unpaired) electrons. The quantitative estimate of drug-likeness (QED) is 0.887. The van der Waals surface area contributed by atoms with Gasteiger partial charge in [0, 0.05) is 25.0 Å². The maximum absolute atomic E-state index is 12.2. The third-order valence-corrected chi connectivity index (χ3v) is 3.69. The molecule has 0 aliphatic carbocycles. The number of amides is 1. The first-order valence-corrected chi connectivity index (χ1v) is 7.52. The summed E-state index contributed by atoms with van der Waals surface area (Å²) >= 11 is 0. The Labute approximate surface area is 126 Å². The van der Waals surface area contributed by atoms with E-state index in [0.29, 0.717) is 6.54 Å². The molecule has 0 saturated heterocycles. The van der Waals surface area contributed by atoms with Crippen molar-refractivity contribution in [3.8, 4) is 0 Å². The van der Waals surface area contributed by atoms with Crippen LogP contribution in [0.15, 0.2) is 36.4 Å². The van der Waals surface area contributed by atoms with E-state index >= 15 is 0 Å². The number of para-hydroxylation sites is 1. The van der Waals surface area contributed by atoms with Crippen LogP contribution in [0.5, 0.6) is 0 Å². The fraction of sp³-hybridized carbons (Fsp3) is 0.412. The number of fused-ring (bicyclic) bond motifs is 1. The third-order valence-electron chi connectivity index (χ3n) is 3.69. The SMILES string of the molecule is CCN(CC)C(=O)C(C)NCc1ccc2ccccc2n1. The monoisotopic (exact) mass is 285 g/mol. The normalized spacial score (nSPS) is 12.3. The van der Waals surface area contributed by atoms with Gasteiger partial charge in [0.15, 0.2) is 0 Å². The summed E-state index contributed by atoms with van der Waals surface area (Å²) in [7, 11) is 0. The lowest BCUT2D eigenvalue weighted by atomic mass is 10.2. The van der Waals surface area contributed by atoms with Gasteiger partial charge in [-0.2, -0.15) is 0 Å². The van der Waals surface area contributed by atoms with Crippen molar-refractivity contribution in [3.05, 3.63) is 42.1 Å². The summed E-state index contributed by atoms with van der Waals surface area (Å²) in [6.45, 7) is 7.99. The van der Waals surface area contributed by atoms with Gasteiger partial charge in [-0.15, -0.1) is 0 Å². The van der Waals surface area contributed by atoms with Gasteiger partial charge in [-0.3, -0.25) is 9.78 Å². The van der Waals surface area contributed by atoms with E-state index in [9.17, 15) is 4.79 Å². The molecule has 4 heteroatoms. The van der Waals surface area contributed by atoms with Crippen molar-refractivity contribution < 1.29 is 4.79 Å². The summed E-state index contributed by atoms with van der Waals surface area (Å²) in [6.07, 6.45) is 0. The molecule has 21 heavy (non-hydrogen) atoms. The number of hydrogen-bond acceptors (Lipinski definition) is 3. The lowest BCUT2D eigenvalue weighted by molar-refractivity contribution is -0.132. The fourth-order valence-electron chi connectivity index (χ4n) is 2.36. The summed E-state index contributed by atoms with van der Waals surface area (Å²) in [4.78, 5) is 18.6. The van der Waals surface area contributed by atoms with Crippen LogP contribution in [0.2, 0.25) is 0 Å². The van der Waals surface area contributed by atoms with E-state index in [2.05, 4.69) is 16.4 Å². The van der Waals surface area contributed by atoms with E-state index in [0.717, 1.165) is 29.7 Å². The minimum absolute atomic E-state index is 0.140. The number of carbonyl (C=O) groups is 1. The number of carbonyl (C=O) groups excluding carboxylic acids is 1. The van der Waals surface area contributed by atoms with E-state index in [-0.39, 0.29) is 11.9 Å². The van der Waals surface area contributed by atoms with Gasteiger partial charge in [-0.1, -0.05) is 24.3 Å². The zero-order valence-corrected chi connectivity index (χ0v) is 13.0. The van der Waals surface area contributed by atoms with E-state index in [1.807, 2.05) is 56.0 Å². The predicted molar refractivity (Wildman–Crippen MR) is 86.0 cm³/mol. The minimum Gasteiger partial charge on any atom is -0.342 e. The molecule has 4 nitrogen and oxygen atoms in total. The highest BCUT2D eigenvalue weighted by atomic mass is 16.2. The molecule has 0 saturated carbocycles. The molecule has 2 rings (SSSR count). The van der Waals surface area contributed by atoms with Gasteiger partial charge in [-0.25, -0.2) is 0 Å². The number of rotatable bonds is 6. The summed E-state index contributed by atoms with van der Waals surface area (Å²) in [5, 5.41) is 4.39. The Balaban J connectivity index is 1.99. The van der Waals surface area contributed by atoms with Gasteiger partial charge in [0.1, 0.15) is 0 Å². The minimum atomic E-state index is -0.196. The van der Waals surface area contributed by atoms with Crippen LogP contribution in [0.25, 0.3) is 10.9 Å². The van der Waals surface area contributed by atoms with Crippen molar-refractivity contribution in [1.82, 2.24) is 15.2 Å². The van der Waals surface area contributed by atoms with Crippen LogP contribution in [0.3, 0.4) is 0 Å². The summed E-state index contributed by atoms with van der Waals surface area (Å²) in [5.74, 6) is 0.140. The van der Waals surface area contributed by atoms with E-state index in [1.165, 1.54) is 0 Å². The van der Waals surface area contributed by atoms with Crippen LogP contribution >= 0.6 is 0 Å². The van der Waals surface area contributed by atoms with E-state index < -0.39 is 0 Å². The Morgan fingerprint density at radius 3 is 2.62 bits per heavy atom. The molecule has 0 spiro atoms. The number of pyridine rings is 1. The Morgan fingerprint density at radius 1 is 1.19 bits per heavy atom. The van der Waals surface area contributed by atoms with Gasteiger partial charge in [-0.05, 0) is 32.9 Å². The summed E-state index contributed by atoms with van der Waals surface area (Å²) < 4.78 is 0. The highest BCUT2D eigenvalue weighted by molar-refractivity contribution is 5.81. The molecule has 2 aromatic rings. The molecule has 1 atom stereocenters. The molecule has 1 amide bonds. The maximum Gasteiger partial charge on any atom is 0.239 e. The van der Waals surface area contributed by atoms with Crippen LogP contribution in [0.1, 0.15) is 26.5 Å².